The van der Waals surface area contributed by atoms with Gasteiger partial charge < -0.3 is 13.9 Å². The van der Waals surface area contributed by atoms with Crippen molar-refractivity contribution in [2.45, 2.75) is 0 Å². The highest BCUT2D eigenvalue weighted by Gasteiger charge is 2.17. The molecule has 3 rings (SSSR count). The molecular formula is C11H6O4. The van der Waals surface area contributed by atoms with E-state index in [0.717, 1.165) is 5.39 Å². The van der Waals surface area contributed by atoms with Gasteiger partial charge in [-0.1, -0.05) is 0 Å². The lowest BCUT2D eigenvalue weighted by Crippen LogP contribution is -1.97. The number of hydrogen-bond acceptors (Lipinski definition) is 3. The van der Waals surface area contributed by atoms with Gasteiger partial charge in [0.15, 0.2) is 0 Å². The third-order valence-corrected chi connectivity index (χ3v) is 2.39. The van der Waals surface area contributed by atoms with Gasteiger partial charge in [-0.2, -0.15) is 0 Å². The molecule has 74 valence electrons. The van der Waals surface area contributed by atoms with E-state index >= 15 is 0 Å². The van der Waals surface area contributed by atoms with Crippen LogP contribution in [0.5, 0.6) is 0 Å². The summed E-state index contributed by atoms with van der Waals surface area (Å²) < 4.78 is 10.3. The van der Waals surface area contributed by atoms with E-state index in [0.29, 0.717) is 16.6 Å². The molecule has 4 heteroatoms. The summed E-state index contributed by atoms with van der Waals surface area (Å²) in [4.78, 5) is 11.1. The van der Waals surface area contributed by atoms with Gasteiger partial charge in [-0.3, -0.25) is 0 Å². The van der Waals surface area contributed by atoms with Crippen molar-refractivity contribution in [1.29, 1.82) is 0 Å². The first kappa shape index (κ1) is 8.11. The molecule has 0 aliphatic carbocycles. The quantitative estimate of drug-likeness (QED) is 0.658. The second-order valence-corrected chi connectivity index (χ2v) is 3.23. The Hall–Kier alpha value is -2.23. The van der Waals surface area contributed by atoms with Gasteiger partial charge in [-0.25, -0.2) is 4.79 Å². The van der Waals surface area contributed by atoms with Gasteiger partial charge in [0.05, 0.1) is 12.5 Å². The monoisotopic (exact) mass is 202 g/mol. The Morgan fingerprint density at radius 1 is 1.20 bits per heavy atom. The third-order valence-electron chi connectivity index (χ3n) is 2.39. The van der Waals surface area contributed by atoms with Crippen LogP contribution in [0.1, 0.15) is 10.4 Å². The Morgan fingerprint density at radius 2 is 2.00 bits per heavy atom. The van der Waals surface area contributed by atoms with Gasteiger partial charge in [0.25, 0.3) is 0 Å². The van der Waals surface area contributed by atoms with Crippen LogP contribution >= 0.6 is 0 Å². The summed E-state index contributed by atoms with van der Waals surface area (Å²) in [6.45, 7) is 0. The number of furan rings is 2. The summed E-state index contributed by atoms with van der Waals surface area (Å²) in [6.07, 6.45) is 2.94. The van der Waals surface area contributed by atoms with Crippen LogP contribution in [-0.4, -0.2) is 11.1 Å². The van der Waals surface area contributed by atoms with Crippen molar-refractivity contribution in [2.24, 2.45) is 0 Å². The molecule has 0 unspecified atom stereocenters. The predicted octanol–water partition coefficient (Wildman–Crippen LogP) is 2.88. The molecule has 0 aliphatic rings. The number of aromatic carboxylic acids is 1. The fourth-order valence-electron chi connectivity index (χ4n) is 1.75. The number of hydrogen-bond donors (Lipinski definition) is 1. The van der Waals surface area contributed by atoms with Crippen molar-refractivity contribution in [3.05, 3.63) is 36.3 Å². The largest absolute Gasteiger partial charge is 0.478 e. The van der Waals surface area contributed by atoms with Gasteiger partial charge >= 0.3 is 5.97 Å². The maximum absolute atomic E-state index is 11.1. The van der Waals surface area contributed by atoms with E-state index in [4.69, 9.17) is 13.9 Å². The van der Waals surface area contributed by atoms with Crippen LogP contribution in [0, 0.1) is 0 Å². The molecule has 0 amide bonds. The zero-order chi connectivity index (χ0) is 10.4. The summed E-state index contributed by atoms with van der Waals surface area (Å²) in [6, 6.07) is 5.10. The minimum atomic E-state index is -1.01. The van der Waals surface area contributed by atoms with Gasteiger partial charge in [0.2, 0.25) is 0 Å². The molecule has 0 spiro atoms. The number of carboxylic acid groups (broad SMARTS) is 1. The van der Waals surface area contributed by atoms with Crippen LogP contribution in [0.4, 0.5) is 0 Å². The second kappa shape index (κ2) is 2.63. The predicted molar refractivity (Wildman–Crippen MR) is 52.9 cm³/mol. The maximum Gasteiger partial charge on any atom is 0.340 e. The smallest absolute Gasteiger partial charge is 0.340 e. The van der Waals surface area contributed by atoms with Crippen molar-refractivity contribution in [2.75, 3.05) is 0 Å². The maximum atomic E-state index is 11.1. The molecule has 2 aromatic heterocycles. The summed E-state index contributed by atoms with van der Waals surface area (Å²) >= 11 is 0. The summed E-state index contributed by atoms with van der Waals surface area (Å²) in [5.74, 6) is -1.01. The number of carboxylic acids is 1. The molecule has 0 atom stereocenters. The molecule has 0 saturated heterocycles. The van der Waals surface area contributed by atoms with Crippen molar-refractivity contribution in [3.63, 3.8) is 0 Å². The zero-order valence-corrected chi connectivity index (χ0v) is 7.56. The normalized spacial score (nSPS) is 11.2. The number of rotatable bonds is 1. The topological polar surface area (TPSA) is 63.6 Å². The van der Waals surface area contributed by atoms with Crippen LogP contribution < -0.4 is 0 Å². The summed E-state index contributed by atoms with van der Waals surface area (Å²) in [5.41, 5.74) is 1.10. The van der Waals surface area contributed by atoms with E-state index in [1.807, 2.05) is 0 Å². The highest BCUT2D eigenvalue weighted by molar-refractivity contribution is 6.13. The lowest BCUT2D eigenvalue weighted by Gasteiger charge is -1.97. The molecule has 15 heavy (non-hydrogen) atoms. The molecule has 1 N–H and O–H groups in total. The Labute approximate surface area is 83.7 Å². The van der Waals surface area contributed by atoms with Crippen LogP contribution in [0.25, 0.3) is 21.9 Å². The summed E-state index contributed by atoms with van der Waals surface area (Å²) in [7, 11) is 0. The van der Waals surface area contributed by atoms with Crippen molar-refractivity contribution in [1.82, 2.24) is 0 Å². The highest BCUT2D eigenvalue weighted by Crippen LogP contribution is 2.29. The Morgan fingerprint density at radius 3 is 2.80 bits per heavy atom. The minimum absolute atomic E-state index is 0.154. The molecular weight excluding hydrogens is 196 g/mol. The molecule has 2 heterocycles. The SMILES string of the molecule is O=C(O)c1c2ccoc2cc2ccoc12. The van der Waals surface area contributed by atoms with Crippen molar-refractivity contribution >= 4 is 27.9 Å². The van der Waals surface area contributed by atoms with Crippen LogP contribution in [0.3, 0.4) is 0 Å². The molecule has 0 aliphatic heterocycles. The Bertz CT molecular complexity index is 611. The Balaban J connectivity index is 2.62. The van der Waals surface area contributed by atoms with Gasteiger partial charge in [0, 0.05) is 10.8 Å². The Kier molecular flexibility index (Phi) is 1.42. The molecule has 0 radical (unpaired) electrons. The zero-order valence-electron chi connectivity index (χ0n) is 7.56. The van der Waals surface area contributed by atoms with Crippen molar-refractivity contribution < 1.29 is 18.7 Å². The molecule has 4 nitrogen and oxygen atoms in total. The van der Waals surface area contributed by atoms with E-state index in [1.54, 1.807) is 18.2 Å². The first-order valence-corrected chi connectivity index (χ1v) is 4.38. The van der Waals surface area contributed by atoms with E-state index in [9.17, 15) is 4.79 Å². The lowest BCUT2D eigenvalue weighted by atomic mass is 10.1. The van der Waals surface area contributed by atoms with Crippen LogP contribution in [0.2, 0.25) is 0 Å². The van der Waals surface area contributed by atoms with Crippen LogP contribution in [-0.2, 0) is 0 Å². The summed E-state index contributed by atoms with van der Waals surface area (Å²) in [5, 5.41) is 10.4. The van der Waals surface area contributed by atoms with Crippen molar-refractivity contribution in [3.8, 4) is 0 Å². The van der Waals surface area contributed by atoms with E-state index in [1.165, 1.54) is 12.5 Å². The highest BCUT2D eigenvalue weighted by atomic mass is 16.4. The van der Waals surface area contributed by atoms with Crippen LogP contribution in [0.15, 0.2) is 39.6 Å². The molecule has 3 aromatic rings. The average molecular weight is 202 g/mol. The number of carbonyl (C=O) groups is 1. The van der Waals surface area contributed by atoms with Gasteiger partial charge in [-0.15, -0.1) is 0 Å². The second-order valence-electron chi connectivity index (χ2n) is 3.23. The van der Waals surface area contributed by atoms with E-state index < -0.39 is 5.97 Å². The average Bonchev–Trinajstić information content (AvgIpc) is 2.79. The lowest BCUT2D eigenvalue weighted by molar-refractivity contribution is 0.0700. The van der Waals surface area contributed by atoms with Gasteiger partial charge in [0.1, 0.15) is 16.7 Å². The molecule has 0 bridgehead atoms. The molecule has 0 fully saturated rings. The van der Waals surface area contributed by atoms with E-state index in [-0.39, 0.29) is 5.56 Å². The minimum Gasteiger partial charge on any atom is -0.478 e. The third kappa shape index (κ3) is 0.985. The number of benzene rings is 1. The van der Waals surface area contributed by atoms with E-state index in [2.05, 4.69) is 0 Å². The fourth-order valence-corrected chi connectivity index (χ4v) is 1.75. The van der Waals surface area contributed by atoms with Gasteiger partial charge in [-0.05, 0) is 18.2 Å². The first-order chi connectivity index (χ1) is 7.27. The first-order valence-electron chi connectivity index (χ1n) is 4.38. The molecule has 0 saturated carbocycles. The standard InChI is InChI=1S/C11H6O4/c12-11(13)9-7-2-4-14-8(7)5-6-1-3-15-10(6)9/h1-5H,(H,12,13). The number of fused-ring (bicyclic) bond motifs is 2. The molecule has 1 aromatic carbocycles. The fraction of sp³-hybridized carbons (Fsp3) is 0.